The molecular formula is C15H14FN3O3S. The number of ether oxygens (including phenoxy) is 1. The predicted octanol–water partition coefficient (Wildman–Crippen LogP) is 2.70. The summed E-state index contributed by atoms with van der Waals surface area (Å²) in [5.41, 5.74) is 7.06. The Kier molecular flexibility index (Phi) is 4.26. The second kappa shape index (κ2) is 6.35. The van der Waals surface area contributed by atoms with E-state index in [4.69, 9.17) is 10.5 Å². The number of nitrogens with two attached hydrogens (primary N) is 1. The molecule has 3 amide bonds. The van der Waals surface area contributed by atoms with Crippen molar-refractivity contribution in [3.05, 3.63) is 46.1 Å². The molecular weight excluding hydrogens is 321 g/mol. The van der Waals surface area contributed by atoms with E-state index in [-0.39, 0.29) is 0 Å². The third kappa shape index (κ3) is 3.33. The number of carbonyl (C=O) groups is 2. The molecule has 0 radical (unpaired) electrons. The minimum absolute atomic E-state index is 0.336. The average molecular weight is 335 g/mol. The van der Waals surface area contributed by atoms with E-state index in [0.717, 1.165) is 10.4 Å². The summed E-state index contributed by atoms with van der Waals surface area (Å²) in [5.74, 6) is -0.973. The number of anilines is 2. The summed E-state index contributed by atoms with van der Waals surface area (Å²) < 4.78 is 18.2. The van der Waals surface area contributed by atoms with E-state index in [1.165, 1.54) is 35.6 Å². The number of hydrogen-bond donors (Lipinski definition) is 3. The van der Waals surface area contributed by atoms with E-state index in [9.17, 15) is 14.0 Å². The van der Waals surface area contributed by atoms with Crippen LogP contribution in [0.2, 0.25) is 0 Å². The van der Waals surface area contributed by atoms with Gasteiger partial charge in [0.2, 0.25) is 0 Å². The third-order valence-electron chi connectivity index (χ3n) is 3.40. The van der Waals surface area contributed by atoms with Crippen LogP contribution in [0, 0.1) is 5.82 Å². The number of thiophene rings is 1. The lowest BCUT2D eigenvalue weighted by molar-refractivity contribution is 0.0991. The van der Waals surface area contributed by atoms with Gasteiger partial charge in [-0.15, -0.1) is 11.3 Å². The first-order valence-electron chi connectivity index (χ1n) is 6.90. The number of amides is 3. The van der Waals surface area contributed by atoms with Crippen LogP contribution in [0.3, 0.4) is 0 Å². The molecule has 0 spiro atoms. The van der Waals surface area contributed by atoms with Gasteiger partial charge in [-0.05, 0) is 36.2 Å². The second-order valence-electron chi connectivity index (χ2n) is 4.96. The maximum Gasteiger partial charge on any atom is 0.324 e. The summed E-state index contributed by atoms with van der Waals surface area (Å²) in [5, 5.41) is 5.60. The summed E-state index contributed by atoms with van der Waals surface area (Å²) in [4.78, 5) is 24.7. The molecule has 0 aliphatic carbocycles. The van der Waals surface area contributed by atoms with Crippen molar-refractivity contribution in [2.24, 2.45) is 5.73 Å². The van der Waals surface area contributed by atoms with Crippen LogP contribution in [-0.4, -0.2) is 18.5 Å². The van der Waals surface area contributed by atoms with Gasteiger partial charge in [0.25, 0.3) is 5.91 Å². The van der Waals surface area contributed by atoms with Crippen molar-refractivity contribution in [1.82, 2.24) is 0 Å². The van der Waals surface area contributed by atoms with Crippen molar-refractivity contribution in [3.8, 4) is 0 Å². The molecule has 2 heterocycles. The number of rotatable bonds is 3. The molecule has 3 rings (SSSR count). The number of primary amides is 1. The van der Waals surface area contributed by atoms with Crippen LogP contribution >= 0.6 is 11.3 Å². The van der Waals surface area contributed by atoms with Gasteiger partial charge in [-0.2, -0.15) is 0 Å². The molecule has 4 N–H and O–H groups in total. The van der Waals surface area contributed by atoms with Gasteiger partial charge in [0, 0.05) is 10.6 Å². The lowest BCUT2D eigenvalue weighted by Gasteiger charge is -2.12. The van der Waals surface area contributed by atoms with Crippen molar-refractivity contribution in [2.45, 2.75) is 13.0 Å². The molecule has 0 saturated heterocycles. The summed E-state index contributed by atoms with van der Waals surface area (Å²) >= 11 is 1.27. The number of benzene rings is 1. The number of hydrogen-bond acceptors (Lipinski definition) is 4. The molecule has 0 fully saturated rings. The van der Waals surface area contributed by atoms with Gasteiger partial charge in [0.15, 0.2) is 0 Å². The number of carbonyl (C=O) groups excluding carboxylic acids is 2. The van der Waals surface area contributed by atoms with Crippen molar-refractivity contribution >= 4 is 34.0 Å². The van der Waals surface area contributed by atoms with E-state index >= 15 is 0 Å². The number of halogens is 1. The van der Waals surface area contributed by atoms with Crippen LogP contribution in [0.5, 0.6) is 0 Å². The summed E-state index contributed by atoms with van der Waals surface area (Å²) in [6.07, 6.45) is 0.589. The first kappa shape index (κ1) is 15.4. The minimum Gasteiger partial charge on any atom is -0.376 e. The predicted molar refractivity (Wildman–Crippen MR) is 85.2 cm³/mol. The van der Waals surface area contributed by atoms with Crippen molar-refractivity contribution in [3.63, 3.8) is 0 Å². The van der Waals surface area contributed by atoms with Crippen LogP contribution in [0.4, 0.5) is 19.9 Å². The molecule has 1 aromatic carbocycles. The molecule has 0 atom stereocenters. The highest BCUT2D eigenvalue weighted by atomic mass is 32.1. The molecule has 8 heteroatoms. The minimum atomic E-state index is -0.582. The molecule has 120 valence electrons. The molecule has 2 aromatic rings. The van der Waals surface area contributed by atoms with Gasteiger partial charge in [-0.25, -0.2) is 9.18 Å². The molecule has 6 nitrogen and oxygen atoms in total. The Labute approximate surface area is 135 Å². The Morgan fingerprint density at radius 3 is 2.65 bits per heavy atom. The third-order valence-corrected chi connectivity index (χ3v) is 4.52. The fourth-order valence-corrected chi connectivity index (χ4v) is 3.57. The zero-order valence-electron chi connectivity index (χ0n) is 12.0. The number of urea groups is 1. The largest absolute Gasteiger partial charge is 0.376 e. The first-order chi connectivity index (χ1) is 11.0. The summed E-state index contributed by atoms with van der Waals surface area (Å²) in [7, 11) is 0. The Balaban J connectivity index is 1.79. The monoisotopic (exact) mass is 335 g/mol. The van der Waals surface area contributed by atoms with Crippen LogP contribution in [0.15, 0.2) is 24.3 Å². The lowest BCUT2D eigenvalue weighted by Crippen LogP contribution is -2.22. The Hall–Kier alpha value is -2.45. The topological polar surface area (TPSA) is 93.5 Å². The maximum atomic E-state index is 12.9. The fourth-order valence-electron chi connectivity index (χ4n) is 2.38. The molecule has 1 aliphatic heterocycles. The lowest BCUT2D eigenvalue weighted by atomic mass is 10.1. The van der Waals surface area contributed by atoms with E-state index in [1.807, 2.05) is 0 Å². The van der Waals surface area contributed by atoms with Crippen LogP contribution in [0.25, 0.3) is 0 Å². The van der Waals surface area contributed by atoms with Crippen LogP contribution in [-0.2, 0) is 17.8 Å². The van der Waals surface area contributed by atoms with Crippen molar-refractivity contribution in [1.29, 1.82) is 0 Å². The van der Waals surface area contributed by atoms with E-state index in [2.05, 4.69) is 10.6 Å². The molecule has 1 aromatic heterocycles. The van der Waals surface area contributed by atoms with Crippen molar-refractivity contribution < 1.29 is 18.7 Å². The summed E-state index contributed by atoms with van der Waals surface area (Å²) in [6.45, 7) is 0.923. The molecule has 23 heavy (non-hydrogen) atoms. The highest BCUT2D eigenvalue weighted by Crippen LogP contribution is 2.36. The van der Waals surface area contributed by atoms with Crippen LogP contribution in [0.1, 0.15) is 20.8 Å². The average Bonchev–Trinajstić information content (AvgIpc) is 2.87. The first-order valence-corrected chi connectivity index (χ1v) is 7.72. The van der Waals surface area contributed by atoms with E-state index in [1.54, 1.807) is 0 Å². The van der Waals surface area contributed by atoms with Gasteiger partial charge in [0.05, 0.1) is 18.8 Å². The molecule has 1 aliphatic rings. The Morgan fingerprint density at radius 1 is 1.22 bits per heavy atom. The zero-order chi connectivity index (χ0) is 16.4. The van der Waals surface area contributed by atoms with Gasteiger partial charge in [-0.1, -0.05) is 0 Å². The standard InChI is InChI=1S/C15H14FN3O3S/c16-8-1-3-9(4-2-8)18-15(21)19-14-12(13(17)20)10-5-6-22-7-11(10)23-14/h1-4H,5-7H2,(H2,17,20)(H2,18,19,21). The Bertz CT molecular complexity index is 758. The second-order valence-corrected chi connectivity index (χ2v) is 6.07. The van der Waals surface area contributed by atoms with Gasteiger partial charge in [0.1, 0.15) is 10.8 Å². The molecule has 0 saturated carbocycles. The summed E-state index contributed by atoms with van der Waals surface area (Å²) in [6, 6.07) is 4.84. The fraction of sp³-hybridized carbons (Fsp3) is 0.200. The Morgan fingerprint density at radius 2 is 1.96 bits per heavy atom. The molecule has 0 bridgehead atoms. The maximum absolute atomic E-state index is 12.9. The highest BCUT2D eigenvalue weighted by Gasteiger charge is 2.25. The van der Waals surface area contributed by atoms with Crippen LogP contribution < -0.4 is 16.4 Å². The quantitative estimate of drug-likeness (QED) is 0.805. The zero-order valence-corrected chi connectivity index (χ0v) is 12.8. The normalized spacial score (nSPS) is 13.3. The van der Waals surface area contributed by atoms with Gasteiger partial charge < -0.3 is 15.8 Å². The van der Waals surface area contributed by atoms with Gasteiger partial charge in [-0.3, -0.25) is 10.1 Å². The van der Waals surface area contributed by atoms with E-state index < -0.39 is 17.8 Å². The number of nitrogens with one attached hydrogen (secondary N) is 2. The highest BCUT2D eigenvalue weighted by molar-refractivity contribution is 7.17. The SMILES string of the molecule is NC(=O)c1c(NC(=O)Nc2ccc(F)cc2)sc2c1CCOC2. The number of fused-ring (bicyclic) bond motifs is 1. The molecule has 0 unspecified atom stereocenters. The van der Waals surface area contributed by atoms with Crippen molar-refractivity contribution in [2.75, 3.05) is 17.2 Å². The smallest absolute Gasteiger partial charge is 0.324 e. The van der Waals surface area contributed by atoms with E-state index in [0.29, 0.717) is 35.9 Å². The van der Waals surface area contributed by atoms with Gasteiger partial charge >= 0.3 is 6.03 Å².